The van der Waals surface area contributed by atoms with E-state index in [1.807, 2.05) is 44.2 Å². The van der Waals surface area contributed by atoms with E-state index in [1.165, 1.54) is 0 Å². The van der Waals surface area contributed by atoms with E-state index in [4.69, 9.17) is 15.5 Å². The molecule has 0 atom stereocenters. The van der Waals surface area contributed by atoms with E-state index in [1.54, 1.807) is 26.8 Å². The normalized spacial score (nSPS) is 11.8. The molecular weight excluding hydrogens is 612 g/mol. The Hall–Kier alpha value is -4.94. The molecule has 0 aliphatic heterocycles. The smallest absolute Gasteiger partial charge is 0.343 e. The minimum Gasteiger partial charge on any atom is -0.477 e. The number of nitrogens with one attached hydrogen (secondary N) is 1. The molecule has 4 rings (SSSR count). The average Bonchev–Trinajstić information content (AvgIpc) is 3.01. The van der Waals surface area contributed by atoms with Gasteiger partial charge >= 0.3 is 11.9 Å². The molecule has 0 aliphatic rings. The van der Waals surface area contributed by atoms with Gasteiger partial charge in [-0.1, -0.05) is 71.0 Å². The first kappa shape index (κ1) is 35.9. The number of aliphatic hydroxyl groups is 2. The fourth-order valence-corrected chi connectivity index (χ4v) is 5.43. The number of esters is 1. The van der Waals surface area contributed by atoms with Crippen molar-refractivity contribution >= 4 is 23.6 Å². The molecule has 12 nitrogen and oxygen atoms in total. The number of aromatic nitrogens is 4. The maximum atomic E-state index is 13.1. The van der Waals surface area contributed by atoms with E-state index in [0.29, 0.717) is 46.1 Å². The average molecular weight is 657 g/mol. The maximum absolute atomic E-state index is 13.1. The van der Waals surface area contributed by atoms with Crippen LogP contribution in [0.3, 0.4) is 0 Å². The largest absolute Gasteiger partial charge is 0.477 e. The van der Waals surface area contributed by atoms with Crippen molar-refractivity contribution in [2.75, 3.05) is 24.2 Å². The number of aryl methyl sites for hydroxylation is 2. The third kappa shape index (κ3) is 7.45. The molecular formula is C36H44N6O6. The van der Waals surface area contributed by atoms with Crippen molar-refractivity contribution in [3.63, 3.8) is 0 Å². The van der Waals surface area contributed by atoms with Gasteiger partial charge in [0.15, 0.2) is 11.6 Å². The van der Waals surface area contributed by atoms with Crippen molar-refractivity contribution in [2.45, 2.75) is 79.4 Å². The summed E-state index contributed by atoms with van der Waals surface area (Å²) in [7, 11) is 0. The quantitative estimate of drug-likeness (QED) is 0.130. The SMILES string of the molecule is CCOC(=O)c1c(C)nc(-c2ccc(C(C)(C)C)cc2CO)nc1NCC(C)(C)c1ccc(-c2nc(C)c(C(=O)O)c(N)n2)c(CO)c1. The van der Waals surface area contributed by atoms with E-state index >= 15 is 0 Å². The number of hydrogen-bond donors (Lipinski definition) is 5. The highest BCUT2D eigenvalue weighted by atomic mass is 16.5. The minimum atomic E-state index is -1.21. The number of rotatable bonds is 11. The summed E-state index contributed by atoms with van der Waals surface area (Å²) in [5, 5.41) is 33.3. The Morgan fingerprint density at radius 1 is 0.812 bits per heavy atom. The number of benzene rings is 2. The number of hydrogen-bond acceptors (Lipinski definition) is 11. The highest BCUT2D eigenvalue weighted by molar-refractivity contribution is 5.96. The van der Waals surface area contributed by atoms with E-state index in [-0.39, 0.29) is 53.7 Å². The molecule has 2 aromatic carbocycles. The van der Waals surface area contributed by atoms with Crippen LogP contribution >= 0.6 is 0 Å². The number of aliphatic hydroxyl groups excluding tert-OH is 2. The van der Waals surface area contributed by atoms with E-state index < -0.39 is 17.4 Å². The molecule has 2 aromatic heterocycles. The second kappa shape index (κ2) is 14.0. The predicted molar refractivity (Wildman–Crippen MR) is 184 cm³/mol. The number of ether oxygens (including phenoxy) is 1. The van der Waals surface area contributed by atoms with Crippen LogP contribution in [0.4, 0.5) is 11.6 Å². The molecule has 0 fully saturated rings. The Labute approximate surface area is 280 Å². The molecule has 2 heterocycles. The Balaban J connectivity index is 1.72. The van der Waals surface area contributed by atoms with E-state index in [0.717, 1.165) is 11.1 Å². The number of carboxylic acids is 1. The van der Waals surface area contributed by atoms with Crippen LogP contribution in [-0.2, 0) is 28.8 Å². The second-order valence-corrected chi connectivity index (χ2v) is 13.3. The fraction of sp³-hybridized carbons (Fsp3) is 0.389. The first-order valence-corrected chi connectivity index (χ1v) is 15.7. The molecule has 0 aliphatic carbocycles. The number of nitrogens with two attached hydrogens (primary N) is 1. The third-order valence-corrected chi connectivity index (χ3v) is 8.28. The molecule has 254 valence electrons. The molecule has 0 radical (unpaired) electrons. The Morgan fingerprint density at radius 2 is 1.33 bits per heavy atom. The van der Waals surface area contributed by atoms with E-state index in [9.17, 15) is 24.9 Å². The van der Waals surface area contributed by atoms with Gasteiger partial charge in [0.2, 0.25) is 0 Å². The van der Waals surface area contributed by atoms with Crippen molar-refractivity contribution in [1.82, 2.24) is 19.9 Å². The molecule has 0 unspecified atom stereocenters. The first-order chi connectivity index (χ1) is 22.5. The summed E-state index contributed by atoms with van der Waals surface area (Å²) in [5.74, 6) is -1.06. The minimum absolute atomic E-state index is 0.121. The lowest BCUT2D eigenvalue weighted by atomic mass is 9.83. The molecule has 0 bridgehead atoms. The number of aromatic carboxylic acids is 1. The number of carbonyl (C=O) groups is 2. The fourth-order valence-electron chi connectivity index (χ4n) is 5.43. The first-order valence-electron chi connectivity index (χ1n) is 15.7. The Bertz CT molecular complexity index is 1840. The zero-order chi connectivity index (χ0) is 35.6. The second-order valence-electron chi connectivity index (χ2n) is 13.3. The molecule has 48 heavy (non-hydrogen) atoms. The lowest BCUT2D eigenvalue weighted by Gasteiger charge is -2.28. The number of nitrogen functional groups attached to an aromatic ring is 1. The maximum Gasteiger partial charge on any atom is 0.343 e. The van der Waals surface area contributed by atoms with Gasteiger partial charge in [0.05, 0.1) is 31.2 Å². The van der Waals surface area contributed by atoms with Crippen LogP contribution in [-0.4, -0.2) is 60.3 Å². The van der Waals surface area contributed by atoms with Gasteiger partial charge in [-0.2, -0.15) is 0 Å². The Kier molecular flexibility index (Phi) is 10.5. The van der Waals surface area contributed by atoms with Gasteiger partial charge in [0, 0.05) is 23.1 Å². The van der Waals surface area contributed by atoms with Crippen molar-refractivity contribution < 1.29 is 29.6 Å². The van der Waals surface area contributed by atoms with Gasteiger partial charge < -0.3 is 31.1 Å². The van der Waals surface area contributed by atoms with Gasteiger partial charge in [-0.05, 0) is 48.4 Å². The topological polar surface area (TPSA) is 194 Å². The summed E-state index contributed by atoms with van der Waals surface area (Å²) >= 11 is 0. The van der Waals surface area contributed by atoms with Gasteiger partial charge in [-0.3, -0.25) is 0 Å². The molecule has 4 aromatic rings. The Morgan fingerprint density at radius 3 is 1.83 bits per heavy atom. The standard InChI is InChI=1S/C36H44N6O6/c1-9-48-34(47)28-20(3)40-31(26-12-10-23(35(4,5)6)14-21(26)16-43)42-32(28)38-18-36(7,8)24-11-13-25(22(15-24)17-44)30-39-19(2)27(33(45)46)29(37)41-30/h10-15,43-44H,9,16-18H2,1-8H3,(H,45,46)(H2,37,39,41)(H,38,40,42). The lowest BCUT2D eigenvalue weighted by Crippen LogP contribution is -2.29. The van der Waals surface area contributed by atoms with Crippen LogP contribution in [0.2, 0.25) is 0 Å². The summed E-state index contributed by atoms with van der Waals surface area (Å²) in [6.45, 7) is 15.3. The number of anilines is 2. The van der Waals surface area contributed by atoms with Crippen molar-refractivity contribution in [3.05, 3.63) is 81.2 Å². The lowest BCUT2D eigenvalue weighted by molar-refractivity contribution is 0.0525. The molecule has 6 N–H and O–H groups in total. The summed E-state index contributed by atoms with van der Waals surface area (Å²) in [6, 6.07) is 11.3. The summed E-state index contributed by atoms with van der Waals surface area (Å²) in [5.41, 5.74) is 10.3. The van der Waals surface area contributed by atoms with Crippen molar-refractivity contribution in [2.24, 2.45) is 0 Å². The third-order valence-electron chi connectivity index (χ3n) is 8.28. The van der Waals surface area contributed by atoms with Crippen molar-refractivity contribution in [1.29, 1.82) is 0 Å². The van der Waals surface area contributed by atoms with E-state index in [2.05, 4.69) is 41.0 Å². The molecule has 0 spiro atoms. The number of carboxylic acid groups (broad SMARTS) is 1. The van der Waals surface area contributed by atoms with Crippen LogP contribution in [0.25, 0.3) is 22.8 Å². The summed E-state index contributed by atoms with van der Waals surface area (Å²) < 4.78 is 5.35. The molecule has 0 amide bonds. The van der Waals surface area contributed by atoms with Crippen molar-refractivity contribution in [3.8, 4) is 22.8 Å². The molecule has 12 heteroatoms. The molecule has 0 saturated carbocycles. The van der Waals surface area contributed by atoms with Gasteiger partial charge in [-0.25, -0.2) is 29.5 Å². The van der Waals surface area contributed by atoms with Gasteiger partial charge in [-0.15, -0.1) is 0 Å². The van der Waals surface area contributed by atoms with Crippen LogP contribution in [0.1, 0.15) is 95.9 Å². The highest BCUT2D eigenvalue weighted by Gasteiger charge is 2.27. The van der Waals surface area contributed by atoms with Crippen LogP contribution < -0.4 is 11.1 Å². The van der Waals surface area contributed by atoms with Crippen LogP contribution in [0, 0.1) is 13.8 Å². The number of carbonyl (C=O) groups excluding carboxylic acids is 1. The van der Waals surface area contributed by atoms with Crippen LogP contribution in [0.5, 0.6) is 0 Å². The zero-order valence-corrected chi connectivity index (χ0v) is 28.7. The molecule has 0 saturated heterocycles. The highest BCUT2D eigenvalue weighted by Crippen LogP contribution is 2.33. The van der Waals surface area contributed by atoms with Gasteiger partial charge in [0.25, 0.3) is 0 Å². The van der Waals surface area contributed by atoms with Crippen LogP contribution in [0.15, 0.2) is 36.4 Å². The predicted octanol–water partition coefficient (Wildman–Crippen LogP) is 5.35. The van der Waals surface area contributed by atoms with Gasteiger partial charge in [0.1, 0.15) is 22.8 Å². The zero-order valence-electron chi connectivity index (χ0n) is 28.7. The number of nitrogens with zero attached hydrogens (tertiary/aromatic N) is 4. The summed E-state index contributed by atoms with van der Waals surface area (Å²) in [4.78, 5) is 42.6. The monoisotopic (exact) mass is 656 g/mol. The summed E-state index contributed by atoms with van der Waals surface area (Å²) in [6.07, 6.45) is 0.